The van der Waals surface area contributed by atoms with Crippen LogP contribution in [0.4, 0.5) is 0 Å². The van der Waals surface area contributed by atoms with Crippen molar-refractivity contribution in [3.63, 3.8) is 0 Å². The largest absolute Gasteiger partial charge is 0.479 e. The fraction of sp³-hybridized carbons (Fsp3) is 0.940. The number of rotatable bonds is 21. The van der Waals surface area contributed by atoms with E-state index in [0.717, 1.165) is 13.8 Å². The molecule has 0 radical (unpaired) electrons. The normalized spacial score (nSPS) is 52.0. The van der Waals surface area contributed by atoms with E-state index in [0.29, 0.717) is 0 Å². The van der Waals surface area contributed by atoms with Crippen molar-refractivity contribution in [2.45, 2.75) is 266 Å². The summed E-state index contributed by atoms with van der Waals surface area (Å²) in [4.78, 5) is 37.6. The molecule has 0 aliphatic carbocycles. The van der Waals surface area contributed by atoms with Gasteiger partial charge in [-0.1, -0.05) is 0 Å². The van der Waals surface area contributed by atoms with Crippen LogP contribution in [0.1, 0.15) is 20.8 Å². The monoisotopic (exact) mass is 1350 g/mol. The number of carbonyl (C=O) groups excluding carboxylic acids is 1. The smallest absolute Gasteiger partial charge is 0.335 e. The zero-order chi connectivity index (χ0) is 68.0. The second-order valence-electron chi connectivity index (χ2n) is 23.0. The lowest BCUT2D eigenvalue weighted by molar-refractivity contribution is -0.405. The molecule has 0 bridgehead atoms. The average molecular weight is 1350 g/mol. The van der Waals surface area contributed by atoms with Gasteiger partial charge < -0.3 is 193 Å². The van der Waals surface area contributed by atoms with Crippen LogP contribution in [0, 0.1) is 0 Å². The number of aliphatic hydroxyl groups is 21. The Morgan fingerprint density at radius 2 is 0.587 bits per heavy atom. The summed E-state index contributed by atoms with van der Waals surface area (Å²) in [7, 11) is 0. The summed E-state index contributed by atoms with van der Waals surface area (Å²) in [6, 6.07) is 0. The van der Waals surface area contributed by atoms with E-state index in [1.165, 1.54) is 6.92 Å². The quantitative estimate of drug-likeness (QED) is 0.0475. The Morgan fingerprint density at radius 1 is 0.293 bits per heavy atom. The van der Waals surface area contributed by atoms with Gasteiger partial charge in [-0.3, -0.25) is 4.79 Å². The maximum absolute atomic E-state index is 12.9. The van der Waals surface area contributed by atoms with Gasteiger partial charge in [0.2, 0.25) is 0 Å². The molecule has 92 heavy (non-hydrogen) atoms. The number of carboxylic acids is 2. The van der Waals surface area contributed by atoms with E-state index in [9.17, 15) is 132 Å². The zero-order valence-corrected chi connectivity index (χ0v) is 48.5. The van der Waals surface area contributed by atoms with Crippen molar-refractivity contribution in [3.8, 4) is 0 Å². The minimum absolute atomic E-state index is 0.901. The molecule has 8 aliphatic heterocycles. The van der Waals surface area contributed by atoms with Crippen molar-refractivity contribution >= 4 is 17.9 Å². The predicted molar refractivity (Wildman–Crippen MR) is 272 cm³/mol. The van der Waals surface area contributed by atoms with Crippen LogP contribution in [-0.4, -0.2) is 407 Å². The summed E-state index contributed by atoms with van der Waals surface area (Å²) in [6.07, 6.45) is -84.9. The number of hydrogen-bond donors (Lipinski definition) is 23. The second-order valence-corrected chi connectivity index (χ2v) is 23.0. The van der Waals surface area contributed by atoms with E-state index in [2.05, 4.69) is 0 Å². The predicted octanol–water partition coefficient (Wildman–Crippen LogP) is -15.6. The highest BCUT2D eigenvalue weighted by Crippen LogP contribution is 2.40. The van der Waals surface area contributed by atoms with Gasteiger partial charge in [-0.2, -0.15) is 0 Å². The number of aliphatic carboxylic acids is 2. The Morgan fingerprint density at radius 3 is 1.01 bits per heavy atom. The first-order valence-electron chi connectivity index (χ1n) is 28.8. The molecule has 42 nitrogen and oxygen atoms in total. The van der Waals surface area contributed by atoms with Crippen molar-refractivity contribution in [1.29, 1.82) is 0 Å². The molecule has 8 fully saturated rings. The van der Waals surface area contributed by atoms with Crippen LogP contribution in [0.2, 0.25) is 0 Å². The van der Waals surface area contributed by atoms with Crippen LogP contribution in [0.25, 0.3) is 0 Å². The lowest BCUT2D eigenvalue weighted by Crippen LogP contribution is -2.69. The first-order chi connectivity index (χ1) is 43.3. The lowest BCUT2D eigenvalue weighted by Gasteiger charge is -2.51. The van der Waals surface area contributed by atoms with Crippen molar-refractivity contribution in [3.05, 3.63) is 0 Å². The highest BCUT2D eigenvalue weighted by Gasteiger charge is 2.61. The van der Waals surface area contributed by atoms with Crippen molar-refractivity contribution < 1.29 is 208 Å². The number of ether oxygens (including phenoxy) is 16. The Kier molecular flexibility index (Phi) is 25.4. The van der Waals surface area contributed by atoms with E-state index >= 15 is 0 Å². The molecular weight excluding hydrogens is 1270 g/mol. The summed E-state index contributed by atoms with van der Waals surface area (Å²) in [6.45, 7) is -0.973. The van der Waals surface area contributed by atoms with Crippen LogP contribution < -0.4 is 0 Å². The molecule has 0 amide bonds. The summed E-state index contributed by atoms with van der Waals surface area (Å²) in [5.41, 5.74) is 0. The molecule has 0 saturated carbocycles. The third-order valence-corrected chi connectivity index (χ3v) is 16.8. The van der Waals surface area contributed by atoms with E-state index in [1.54, 1.807) is 0 Å². The minimum Gasteiger partial charge on any atom is -0.479 e. The molecule has 8 aliphatic rings. The van der Waals surface area contributed by atoms with Gasteiger partial charge in [0.1, 0.15) is 165 Å². The van der Waals surface area contributed by atoms with E-state index in [1.807, 2.05) is 0 Å². The SMILES string of the molecule is CC(=O)O[C@H]1[C@H](O[C@H]2O[C@H](C(=O)O)[C@@H](O[C@@H]3O[C@H](CO)[C@@H](O[C@@H]4O[C@H](CO)[C@@H](O)[C@H](O)[C@H]4O)[C@H](O[C@@H]4O[C@@H](C)[C@@H](O)[C@@H](O[C@H]5O[C@H](C(=O)O)[C@@H](O[C@@H]6O[C@H](CO)[C@@H](O[C@@H]7O[C@H](CO)[C@@H](O)[C@H](O)[C@H]7O)[C@H](O)[C@H]6O)[C@H](O)[C@H]5O)[C@@H]4O)[C@H]3O)[C@H](O)[C@H]2O)[C@H](O)[C@H](C)O[C@H]1O. The highest BCUT2D eigenvalue weighted by atomic mass is 16.8. The topological polar surface area (TPSA) is 664 Å². The van der Waals surface area contributed by atoms with E-state index in [-0.39, 0.29) is 0 Å². The maximum atomic E-state index is 12.9. The Labute approximate surface area is 517 Å². The molecule has 23 N–H and O–H groups in total. The van der Waals surface area contributed by atoms with Gasteiger partial charge in [-0.05, 0) is 13.8 Å². The molecule has 42 heteroatoms. The molecule has 0 unspecified atom stereocenters. The third kappa shape index (κ3) is 15.3. The van der Waals surface area contributed by atoms with Crippen LogP contribution >= 0.6 is 0 Å². The fourth-order valence-electron chi connectivity index (χ4n) is 11.6. The fourth-order valence-corrected chi connectivity index (χ4v) is 11.6. The zero-order valence-electron chi connectivity index (χ0n) is 48.5. The van der Waals surface area contributed by atoms with Gasteiger partial charge in [0.25, 0.3) is 0 Å². The maximum Gasteiger partial charge on any atom is 0.335 e. The molecule has 532 valence electrons. The van der Waals surface area contributed by atoms with E-state index in [4.69, 9.17) is 75.8 Å². The van der Waals surface area contributed by atoms with Gasteiger partial charge in [-0.25, -0.2) is 9.59 Å². The van der Waals surface area contributed by atoms with Crippen molar-refractivity contribution in [1.82, 2.24) is 0 Å². The Balaban J connectivity index is 1.01. The number of carboxylic acid groups (broad SMARTS) is 2. The van der Waals surface area contributed by atoms with Gasteiger partial charge in [0.05, 0.1) is 38.6 Å². The minimum atomic E-state index is -2.53. The van der Waals surface area contributed by atoms with Crippen LogP contribution in [-0.2, 0) is 90.2 Å². The summed E-state index contributed by atoms with van der Waals surface area (Å²) < 4.78 is 89.1. The van der Waals surface area contributed by atoms with Crippen molar-refractivity contribution in [2.24, 2.45) is 0 Å². The third-order valence-electron chi connectivity index (χ3n) is 16.8. The summed E-state index contributed by atoms with van der Waals surface area (Å²) in [5, 5.41) is 249. The molecule has 0 spiro atoms. The molecule has 8 rings (SSSR count). The Hall–Kier alpha value is -3.03. The van der Waals surface area contributed by atoms with Crippen molar-refractivity contribution in [2.75, 3.05) is 26.4 Å². The average Bonchev–Trinajstić information content (AvgIpc) is 0.775. The number of hydrogen-bond acceptors (Lipinski definition) is 40. The van der Waals surface area contributed by atoms with Gasteiger partial charge in [-0.15, -0.1) is 0 Å². The molecule has 0 aromatic heterocycles. The Bertz CT molecular complexity index is 2380. The highest BCUT2D eigenvalue weighted by molar-refractivity contribution is 5.74. The number of aliphatic hydroxyl groups excluding tert-OH is 21. The first kappa shape index (κ1) is 74.8. The van der Waals surface area contributed by atoms with Gasteiger partial charge in [0.15, 0.2) is 68.6 Å². The number of carbonyl (C=O) groups is 3. The van der Waals surface area contributed by atoms with Gasteiger partial charge in [0, 0.05) is 6.92 Å². The summed E-state index contributed by atoms with van der Waals surface area (Å²) in [5.74, 6) is -5.00. The van der Waals surface area contributed by atoms with Crippen LogP contribution in [0.15, 0.2) is 0 Å². The molecule has 8 saturated heterocycles. The van der Waals surface area contributed by atoms with Crippen LogP contribution in [0.5, 0.6) is 0 Å². The van der Waals surface area contributed by atoms with E-state index < -0.39 is 290 Å². The van der Waals surface area contributed by atoms with Crippen LogP contribution in [0.3, 0.4) is 0 Å². The number of esters is 1. The molecule has 40 atom stereocenters. The lowest BCUT2D eigenvalue weighted by atomic mass is 9.94. The first-order valence-corrected chi connectivity index (χ1v) is 28.8. The molecular formula is C50H80O42. The summed E-state index contributed by atoms with van der Waals surface area (Å²) >= 11 is 0. The standard InChI is InChI=1S/C50H80O42/c1-8-16(57)34(40(43(76)77-8)79-10(3)55)87-48-28(69)23(64)36(39(92-48)42(74)75)89-50-30(71)37(32(14(7-54)83-50)85-45-25(66)20(61)18(59)12(5-52)81-45)90-49-29(70)33(15(56)9(2)78-49)86-47-27(68)22(63)35(38(91-47)41(72)73)88-46-26(67)21(62)31(13(6-53)82-46)84-44-24(65)19(60)17(58)11(4-51)80-44/h8-9,11-40,43-54,56-71,76H,4-7H2,1-3H3,(H,72,73)(H,74,75)/t8-,9-,11+,12+,13+,14+,15+,16+,17+,18+,19-,20-,21+,22+,23+,24+,25+,26+,27+,28+,29-,30+,31+,32+,33+,34+,35-,36-,37+,38-,39-,40-,43+,44-,45-,46-,47-,48-,49-,50-/m0/s1. The molecule has 0 aromatic carbocycles. The molecule has 8 heterocycles. The second kappa shape index (κ2) is 31.2. The molecule has 0 aromatic rings. The van der Waals surface area contributed by atoms with Gasteiger partial charge >= 0.3 is 17.9 Å².